The molecule has 6 nitrogen and oxygen atoms in total. The molecule has 2 aromatic rings. The zero-order valence-corrected chi connectivity index (χ0v) is 33.7. The van der Waals surface area contributed by atoms with Crippen molar-refractivity contribution in [3.8, 4) is 0 Å². The second-order valence-corrected chi connectivity index (χ2v) is 11.2. The summed E-state index contributed by atoms with van der Waals surface area (Å²) in [7, 11) is 0. The molecule has 0 spiro atoms. The van der Waals surface area contributed by atoms with E-state index in [1.807, 2.05) is 71.0 Å². The van der Waals surface area contributed by atoms with E-state index in [1.54, 1.807) is 30.5 Å². The SMILES string of the molecule is C.C.CC.CC.CC(=O)C(C)N(Cc1ccccc1S)C(C)=O.CC(C)=O.CCC.CCC.CSc1ccccc1CNC(C)C(C)=O. The van der Waals surface area contributed by atoms with Gasteiger partial charge in [0, 0.05) is 29.8 Å². The molecule has 282 valence electrons. The van der Waals surface area contributed by atoms with Crippen molar-refractivity contribution in [2.75, 3.05) is 6.26 Å². The maximum Gasteiger partial charge on any atom is 0.220 e. The quantitative estimate of drug-likeness (QED) is 0.199. The summed E-state index contributed by atoms with van der Waals surface area (Å²) in [5, 5.41) is 3.21. The van der Waals surface area contributed by atoms with Gasteiger partial charge >= 0.3 is 0 Å². The van der Waals surface area contributed by atoms with Crippen LogP contribution in [-0.4, -0.2) is 46.5 Å². The Morgan fingerprint density at radius 1 is 0.729 bits per heavy atom. The van der Waals surface area contributed by atoms with Gasteiger partial charge in [-0.25, -0.2) is 0 Å². The van der Waals surface area contributed by atoms with Crippen molar-refractivity contribution < 1.29 is 19.2 Å². The van der Waals surface area contributed by atoms with E-state index in [1.165, 1.54) is 51.0 Å². The van der Waals surface area contributed by atoms with Gasteiger partial charge < -0.3 is 15.0 Å². The number of Topliss-reactive ketones (excluding diaryl/α,β-unsaturated/α-hetero) is 3. The van der Waals surface area contributed by atoms with Crippen LogP contribution in [0.1, 0.15) is 143 Å². The van der Waals surface area contributed by atoms with Crippen LogP contribution in [-0.2, 0) is 32.3 Å². The van der Waals surface area contributed by atoms with Crippen molar-refractivity contribution in [3.63, 3.8) is 0 Å². The average molecular weight is 713 g/mol. The van der Waals surface area contributed by atoms with Gasteiger partial charge in [0.25, 0.3) is 0 Å². The second-order valence-electron chi connectivity index (χ2n) is 9.91. The molecule has 0 fully saturated rings. The van der Waals surface area contributed by atoms with Crippen LogP contribution in [0.2, 0.25) is 0 Å². The molecule has 2 rings (SSSR count). The first-order valence-electron chi connectivity index (χ1n) is 16.5. The molecule has 0 bridgehead atoms. The lowest BCUT2D eigenvalue weighted by Crippen LogP contribution is -2.40. The first kappa shape index (κ1) is 60.9. The molecule has 0 saturated heterocycles. The van der Waals surface area contributed by atoms with Gasteiger partial charge in [-0.1, -0.05) is 119 Å². The minimum Gasteiger partial charge on any atom is -0.329 e. The molecule has 1 amide bonds. The predicted octanol–water partition coefficient (Wildman–Crippen LogP) is 11.5. The number of thioether (sulfide) groups is 1. The van der Waals surface area contributed by atoms with Crippen LogP contribution in [0, 0.1) is 0 Å². The third kappa shape index (κ3) is 36.4. The molecule has 2 atom stereocenters. The fourth-order valence-corrected chi connectivity index (χ4v) is 3.67. The zero-order valence-electron chi connectivity index (χ0n) is 32.0. The van der Waals surface area contributed by atoms with E-state index in [0.29, 0.717) is 6.54 Å². The molecule has 0 aliphatic rings. The van der Waals surface area contributed by atoms with Crippen LogP contribution in [0.3, 0.4) is 0 Å². The first-order chi connectivity index (χ1) is 21.6. The van der Waals surface area contributed by atoms with Crippen molar-refractivity contribution >= 4 is 47.6 Å². The minimum atomic E-state index is -0.402. The van der Waals surface area contributed by atoms with Crippen LogP contribution in [0.4, 0.5) is 0 Å². The molecule has 2 aromatic carbocycles. The van der Waals surface area contributed by atoms with Crippen molar-refractivity contribution in [2.45, 2.75) is 167 Å². The summed E-state index contributed by atoms with van der Waals surface area (Å²) in [6.45, 7) is 28.9. The van der Waals surface area contributed by atoms with Gasteiger partial charge in [0.05, 0.1) is 12.1 Å². The van der Waals surface area contributed by atoms with Crippen LogP contribution in [0.25, 0.3) is 0 Å². The molecular weight excluding hydrogens is 637 g/mol. The van der Waals surface area contributed by atoms with Crippen molar-refractivity contribution in [2.24, 2.45) is 0 Å². The van der Waals surface area contributed by atoms with Crippen molar-refractivity contribution in [1.82, 2.24) is 10.2 Å². The lowest BCUT2D eigenvalue weighted by molar-refractivity contribution is -0.137. The van der Waals surface area contributed by atoms with Gasteiger partial charge in [0.1, 0.15) is 11.6 Å². The number of thiol groups is 1. The van der Waals surface area contributed by atoms with E-state index in [2.05, 4.69) is 64.0 Å². The maximum absolute atomic E-state index is 11.6. The topological polar surface area (TPSA) is 83.6 Å². The highest BCUT2D eigenvalue weighted by Crippen LogP contribution is 2.19. The highest BCUT2D eigenvalue weighted by Gasteiger charge is 2.21. The van der Waals surface area contributed by atoms with Gasteiger partial charge in [-0.15, -0.1) is 24.4 Å². The number of hydrogen-bond acceptors (Lipinski definition) is 7. The van der Waals surface area contributed by atoms with Gasteiger partial charge in [-0.3, -0.25) is 14.4 Å². The third-order valence-corrected chi connectivity index (χ3v) is 6.47. The zero-order chi connectivity index (χ0) is 37.3. The van der Waals surface area contributed by atoms with Crippen molar-refractivity contribution in [3.05, 3.63) is 59.7 Å². The van der Waals surface area contributed by atoms with E-state index >= 15 is 0 Å². The average Bonchev–Trinajstić information content (AvgIpc) is 3.01. The summed E-state index contributed by atoms with van der Waals surface area (Å²) in [5.41, 5.74) is 2.19. The number of nitrogens with one attached hydrogen (secondary N) is 1. The Labute approximate surface area is 308 Å². The summed E-state index contributed by atoms with van der Waals surface area (Å²) >= 11 is 6.07. The van der Waals surface area contributed by atoms with E-state index in [9.17, 15) is 19.2 Å². The number of hydrogen-bond donors (Lipinski definition) is 2. The summed E-state index contributed by atoms with van der Waals surface area (Å²) in [6.07, 6.45) is 4.56. The molecule has 0 radical (unpaired) electrons. The molecular formula is C40H76N2O4S2. The Balaban J connectivity index is -0.0000000987. The van der Waals surface area contributed by atoms with Crippen LogP contribution in [0.5, 0.6) is 0 Å². The summed E-state index contributed by atoms with van der Waals surface area (Å²) in [6, 6.07) is 15.3. The molecule has 1 N–H and O–H groups in total. The number of carbonyl (C=O) groups excluding carboxylic acids is 4. The Bertz CT molecular complexity index is 1040. The highest BCUT2D eigenvalue weighted by molar-refractivity contribution is 7.98. The summed E-state index contributed by atoms with van der Waals surface area (Å²) in [4.78, 5) is 47.0. The number of carbonyl (C=O) groups is 4. The Hall–Kier alpha value is -2.42. The van der Waals surface area contributed by atoms with Crippen LogP contribution < -0.4 is 5.32 Å². The molecule has 0 saturated carbocycles. The van der Waals surface area contributed by atoms with E-state index < -0.39 is 6.04 Å². The van der Waals surface area contributed by atoms with Crippen molar-refractivity contribution in [1.29, 1.82) is 0 Å². The van der Waals surface area contributed by atoms with Gasteiger partial charge in [-0.05, 0) is 71.1 Å². The maximum atomic E-state index is 11.6. The number of rotatable bonds is 9. The predicted molar refractivity (Wildman–Crippen MR) is 220 cm³/mol. The van der Waals surface area contributed by atoms with Gasteiger partial charge in [-0.2, -0.15) is 0 Å². The number of ketones is 3. The molecule has 2 unspecified atom stereocenters. The Morgan fingerprint density at radius 2 is 1.10 bits per heavy atom. The molecule has 8 heteroatoms. The normalized spacial score (nSPS) is 9.69. The highest BCUT2D eigenvalue weighted by atomic mass is 32.2. The monoisotopic (exact) mass is 713 g/mol. The molecule has 0 aliphatic heterocycles. The molecule has 48 heavy (non-hydrogen) atoms. The van der Waals surface area contributed by atoms with E-state index in [-0.39, 0.29) is 44.2 Å². The first-order valence-corrected chi connectivity index (χ1v) is 18.2. The summed E-state index contributed by atoms with van der Waals surface area (Å²) in [5.74, 6) is 0.220. The van der Waals surface area contributed by atoms with Crippen LogP contribution in [0.15, 0.2) is 58.3 Å². The van der Waals surface area contributed by atoms with E-state index in [4.69, 9.17) is 0 Å². The molecule has 0 heterocycles. The Kier molecular flexibility index (Phi) is 54.0. The lowest BCUT2D eigenvalue weighted by Gasteiger charge is -2.26. The largest absolute Gasteiger partial charge is 0.329 e. The molecule has 0 aliphatic carbocycles. The number of nitrogens with zero attached hydrogens (tertiary/aromatic N) is 1. The van der Waals surface area contributed by atoms with Crippen LogP contribution >= 0.6 is 24.4 Å². The summed E-state index contributed by atoms with van der Waals surface area (Å²) < 4.78 is 0. The fraction of sp³-hybridized carbons (Fsp3) is 0.600. The van der Waals surface area contributed by atoms with Gasteiger partial charge in [0.15, 0.2) is 5.78 Å². The molecule has 0 aromatic heterocycles. The minimum absolute atomic E-state index is 0. The third-order valence-electron chi connectivity index (χ3n) is 5.19. The number of benzene rings is 2. The standard InChI is InChI=1S/C13H17NO2S.C12H17NOS.C3H6O.2C3H8.2C2H6.2CH4/c1-9(10(2)15)14(11(3)16)8-12-6-4-5-7-13(12)17;1-9(10(2)14)13-8-11-6-4-5-7-12(11)15-3;1-3(2)4;2*1-3-2;2*1-2;;/h4-7,9,17H,8H2,1-3H3;4-7,9,13H,8H2,1-3H3;1-2H3;2*3H2,1-2H3;2*1-2H3;2*1H4. The second kappa shape index (κ2) is 42.6. The fourth-order valence-electron chi connectivity index (χ4n) is 2.82. The van der Waals surface area contributed by atoms with E-state index in [0.717, 1.165) is 17.0 Å². The lowest BCUT2D eigenvalue weighted by atomic mass is 10.1. The Morgan fingerprint density at radius 3 is 1.44 bits per heavy atom. The smallest absolute Gasteiger partial charge is 0.220 e. The van der Waals surface area contributed by atoms with Gasteiger partial charge in [0.2, 0.25) is 5.91 Å². The number of amides is 1.